The molecule has 0 spiro atoms. The first-order valence-electron chi connectivity index (χ1n) is 6.62. The molecule has 17 heavy (non-hydrogen) atoms. The summed E-state index contributed by atoms with van der Waals surface area (Å²) in [6.07, 6.45) is 0. The zero-order valence-electron chi connectivity index (χ0n) is 11.8. The number of carbonyl (C=O) groups excluding carboxylic acids is 1. The highest BCUT2D eigenvalue weighted by atomic mass is 16.2. The molecule has 1 aliphatic rings. The number of hydrogen-bond acceptors (Lipinski definition) is 3. The Morgan fingerprint density at radius 2 is 1.76 bits per heavy atom. The fourth-order valence-corrected chi connectivity index (χ4v) is 1.92. The van der Waals surface area contributed by atoms with Gasteiger partial charge in [0.05, 0.1) is 5.54 Å². The van der Waals surface area contributed by atoms with E-state index in [2.05, 4.69) is 36.3 Å². The van der Waals surface area contributed by atoms with Crippen LogP contribution < -0.4 is 10.6 Å². The Kier molecular flexibility index (Phi) is 4.95. The molecule has 0 radical (unpaired) electrons. The van der Waals surface area contributed by atoms with E-state index < -0.39 is 5.54 Å². The van der Waals surface area contributed by atoms with Gasteiger partial charge in [-0.25, -0.2) is 0 Å². The first-order valence-corrected chi connectivity index (χ1v) is 6.62. The normalized spacial score (nSPS) is 20.4. The van der Waals surface area contributed by atoms with Gasteiger partial charge in [0.2, 0.25) is 5.91 Å². The molecule has 0 bridgehead atoms. The quantitative estimate of drug-likeness (QED) is 0.766. The van der Waals surface area contributed by atoms with E-state index in [1.165, 1.54) is 0 Å². The maximum absolute atomic E-state index is 12.3. The standard InChI is InChI=1S/C13H27N3O/c1-10(2)11(3)15-12(17)13(4,5)16-8-6-14-7-9-16/h10-11,14H,6-9H2,1-5H3,(H,15,17). The molecule has 0 aromatic carbocycles. The zero-order valence-corrected chi connectivity index (χ0v) is 11.8. The van der Waals surface area contributed by atoms with Gasteiger partial charge < -0.3 is 10.6 Å². The van der Waals surface area contributed by atoms with Crippen molar-refractivity contribution in [1.29, 1.82) is 0 Å². The molecule has 1 aliphatic heterocycles. The van der Waals surface area contributed by atoms with Crippen molar-refractivity contribution in [3.8, 4) is 0 Å². The Balaban J connectivity index is 2.58. The molecule has 0 aromatic rings. The summed E-state index contributed by atoms with van der Waals surface area (Å²) in [7, 11) is 0. The molecule has 4 heteroatoms. The van der Waals surface area contributed by atoms with Crippen molar-refractivity contribution in [2.24, 2.45) is 5.92 Å². The van der Waals surface area contributed by atoms with Crippen molar-refractivity contribution in [2.75, 3.05) is 26.2 Å². The highest BCUT2D eigenvalue weighted by Crippen LogP contribution is 2.16. The highest BCUT2D eigenvalue weighted by Gasteiger charge is 2.35. The first kappa shape index (κ1) is 14.5. The van der Waals surface area contributed by atoms with Gasteiger partial charge in [-0.1, -0.05) is 13.8 Å². The van der Waals surface area contributed by atoms with E-state index in [0.717, 1.165) is 26.2 Å². The molecule has 1 fully saturated rings. The summed E-state index contributed by atoms with van der Waals surface area (Å²) in [6.45, 7) is 14.2. The number of hydrogen-bond donors (Lipinski definition) is 2. The van der Waals surface area contributed by atoms with Crippen LogP contribution in [0.5, 0.6) is 0 Å². The molecular weight excluding hydrogens is 214 g/mol. The van der Waals surface area contributed by atoms with Crippen molar-refractivity contribution in [1.82, 2.24) is 15.5 Å². The molecule has 1 heterocycles. The predicted octanol–water partition coefficient (Wildman–Crippen LogP) is 0.831. The van der Waals surface area contributed by atoms with Crippen LogP contribution in [0.4, 0.5) is 0 Å². The minimum atomic E-state index is -0.411. The van der Waals surface area contributed by atoms with Crippen LogP contribution >= 0.6 is 0 Å². The molecule has 4 nitrogen and oxygen atoms in total. The molecule has 1 rings (SSSR count). The van der Waals surface area contributed by atoms with Crippen LogP contribution in [0.2, 0.25) is 0 Å². The lowest BCUT2D eigenvalue weighted by molar-refractivity contribution is -0.133. The Bertz CT molecular complexity index is 257. The smallest absolute Gasteiger partial charge is 0.240 e. The third-order valence-corrected chi connectivity index (χ3v) is 3.82. The van der Waals surface area contributed by atoms with E-state index in [9.17, 15) is 4.79 Å². The Morgan fingerprint density at radius 3 is 2.24 bits per heavy atom. The number of nitrogens with one attached hydrogen (secondary N) is 2. The largest absolute Gasteiger partial charge is 0.352 e. The lowest BCUT2D eigenvalue weighted by Gasteiger charge is -2.40. The van der Waals surface area contributed by atoms with Gasteiger partial charge in [-0.15, -0.1) is 0 Å². The fourth-order valence-electron chi connectivity index (χ4n) is 1.92. The van der Waals surface area contributed by atoms with Gasteiger partial charge in [0.1, 0.15) is 0 Å². The van der Waals surface area contributed by atoms with Crippen molar-refractivity contribution in [3.63, 3.8) is 0 Å². The minimum absolute atomic E-state index is 0.139. The van der Waals surface area contributed by atoms with Crippen LogP contribution in [0.15, 0.2) is 0 Å². The second kappa shape index (κ2) is 5.83. The second-order valence-electron chi connectivity index (χ2n) is 5.80. The fraction of sp³-hybridized carbons (Fsp3) is 0.923. The van der Waals surface area contributed by atoms with Gasteiger partial charge in [0, 0.05) is 32.2 Å². The molecule has 0 saturated carbocycles. The monoisotopic (exact) mass is 241 g/mol. The molecule has 0 aliphatic carbocycles. The van der Waals surface area contributed by atoms with Crippen molar-refractivity contribution in [3.05, 3.63) is 0 Å². The number of piperazine rings is 1. The maximum atomic E-state index is 12.3. The van der Waals surface area contributed by atoms with Gasteiger partial charge in [0.25, 0.3) is 0 Å². The van der Waals surface area contributed by atoms with Gasteiger partial charge in [-0.3, -0.25) is 9.69 Å². The molecule has 0 aromatic heterocycles. The molecule has 2 N–H and O–H groups in total. The van der Waals surface area contributed by atoms with E-state index in [1.807, 2.05) is 13.8 Å². The summed E-state index contributed by atoms with van der Waals surface area (Å²) in [4.78, 5) is 14.6. The van der Waals surface area contributed by atoms with Crippen LogP contribution in [0.25, 0.3) is 0 Å². The van der Waals surface area contributed by atoms with Crippen LogP contribution in [0, 0.1) is 5.92 Å². The molecule has 1 unspecified atom stereocenters. The van der Waals surface area contributed by atoms with Crippen LogP contribution in [-0.2, 0) is 4.79 Å². The molecule has 1 saturated heterocycles. The minimum Gasteiger partial charge on any atom is -0.352 e. The van der Waals surface area contributed by atoms with E-state index in [4.69, 9.17) is 0 Å². The van der Waals surface area contributed by atoms with Crippen molar-refractivity contribution >= 4 is 5.91 Å². The lowest BCUT2D eigenvalue weighted by atomic mass is 9.98. The summed E-state index contributed by atoms with van der Waals surface area (Å²) < 4.78 is 0. The van der Waals surface area contributed by atoms with Crippen LogP contribution in [-0.4, -0.2) is 48.6 Å². The molecule has 1 amide bonds. The zero-order chi connectivity index (χ0) is 13.1. The summed E-state index contributed by atoms with van der Waals surface area (Å²) in [5, 5.41) is 6.43. The van der Waals surface area contributed by atoms with Gasteiger partial charge in [0.15, 0.2) is 0 Å². The summed E-state index contributed by atoms with van der Waals surface area (Å²) >= 11 is 0. The van der Waals surface area contributed by atoms with Gasteiger partial charge in [-0.05, 0) is 26.7 Å². The molecular formula is C13H27N3O. The summed E-state index contributed by atoms with van der Waals surface area (Å²) in [5.41, 5.74) is -0.411. The average molecular weight is 241 g/mol. The second-order valence-corrected chi connectivity index (χ2v) is 5.80. The first-order chi connectivity index (χ1) is 7.85. The maximum Gasteiger partial charge on any atom is 0.240 e. The van der Waals surface area contributed by atoms with Gasteiger partial charge in [-0.2, -0.15) is 0 Å². The molecule has 100 valence electrons. The number of carbonyl (C=O) groups is 1. The van der Waals surface area contributed by atoms with Crippen LogP contribution in [0.1, 0.15) is 34.6 Å². The third kappa shape index (κ3) is 3.68. The number of amides is 1. The topological polar surface area (TPSA) is 44.4 Å². The van der Waals surface area contributed by atoms with Crippen molar-refractivity contribution in [2.45, 2.75) is 46.2 Å². The Labute approximate surface area is 105 Å². The number of rotatable bonds is 4. The van der Waals surface area contributed by atoms with E-state index in [1.54, 1.807) is 0 Å². The summed E-state index contributed by atoms with van der Waals surface area (Å²) in [6, 6.07) is 0.227. The number of nitrogens with zero attached hydrogens (tertiary/aromatic N) is 1. The highest BCUT2D eigenvalue weighted by molar-refractivity contribution is 5.85. The summed E-state index contributed by atoms with van der Waals surface area (Å²) in [5.74, 6) is 0.610. The van der Waals surface area contributed by atoms with E-state index in [-0.39, 0.29) is 11.9 Å². The predicted molar refractivity (Wildman–Crippen MR) is 71.0 cm³/mol. The average Bonchev–Trinajstić information content (AvgIpc) is 2.29. The lowest BCUT2D eigenvalue weighted by Crippen LogP contribution is -2.61. The van der Waals surface area contributed by atoms with Crippen molar-refractivity contribution < 1.29 is 4.79 Å². The SMILES string of the molecule is CC(C)C(C)NC(=O)C(C)(C)N1CCNCC1. The molecule has 1 atom stereocenters. The third-order valence-electron chi connectivity index (χ3n) is 3.82. The van der Waals surface area contributed by atoms with E-state index >= 15 is 0 Å². The Hall–Kier alpha value is -0.610. The Morgan fingerprint density at radius 1 is 1.24 bits per heavy atom. The van der Waals surface area contributed by atoms with E-state index in [0.29, 0.717) is 5.92 Å². The van der Waals surface area contributed by atoms with Crippen LogP contribution in [0.3, 0.4) is 0 Å². The van der Waals surface area contributed by atoms with Gasteiger partial charge >= 0.3 is 0 Å².